The van der Waals surface area contributed by atoms with Gasteiger partial charge in [0.05, 0.1) is 44.5 Å². The third-order valence-corrected chi connectivity index (χ3v) is 13.5. The Kier molecular flexibility index (Phi) is 20.8. The minimum atomic E-state index is -6.13. The first-order valence-corrected chi connectivity index (χ1v) is 25.0. The van der Waals surface area contributed by atoms with Gasteiger partial charge in [-0.3, -0.25) is 0 Å². The predicted octanol–water partition coefficient (Wildman–Crippen LogP) is 17.7. The first-order chi connectivity index (χ1) is 37.7. The van der Waals surface area contributed by atoms with Gasteiger partial charge in [-0.05, 0) is 30.7 Å². The van der Waals surface area contributed by atoms with Crippen LogP contribution in [-0.2, 0) is 62.4 Å². The van der Waals surface area contributed by atoms with Crippen LogP contribution in [0.4, 0.5) is 105 Å². The molecular weight excluding hydrogens is 1150 g/mol. The van der Waals surface area contributed by atoms with E-state index in [2.05, 4.69) is 66.2 Å². The van der Waals surface area contributed by atoms with Crippen molar-refractivity contribution in [1.29, 1.82) is 0 Å². The zero-order valence-corrected chi connectivity index (χ0v) is 42.7. The molecule has 5 aromatic carbocycles. The van der Waals surface area contributed by atoms with Crippen LogP contribution in [0.5, 0.6) is 0 Å². The van der Waals surface area contributed by atoms with Crippen molar-refractivity contribution in [2.75, 3.05) is 0 Å². The average Bonchev–Trinajstić information content (AvgIpc) is 2.67. The largest absolute Gasteiger partial charge is 0.416 e. The van der Waals surface area contributed by atoms with Gasteiger partial charge in [0.25, 0.3) is 0 Å². The van der Waals surface area contributed by atoms with E-state index < -0.39 is 195 Å². The fourth-order valence-electron chi connectivity index (χ4n) is 9.54. The van der Waals surface area contributed by atoms with E-state index in [-0.39, 0.29) is 0 Å². The first kappa shape index (κ1) is 66.4. The van der Waals surface area contributed by atoms with Gasteiger partial charge in [-0.25, -0.2) is 0 Å². The van der Waals surface area contributed by atoms with E-state index in [1.165, 1.54) is 81.9 Å². The van der Waals surface area contributed by atoms with Crippen molar-refractivity contribution in [1.82, 2.24) is 0 Å². The SMILES string of the molecule is CCCCCCCCCCCCc1cccc[n+]1Cc1ccccc1.FC(F)(F)c1cc([B-](c2cc(C(F)(F)F)cc(C(F)(F)F)c2)(c2cc(C(F)(F)F)cc(C(F)(F)F)c2)c2cc(C(F)(F)F)cc(C(F)(F)F)c2)cc(C(F)(F)F)c1. The molecule has 0 bridgehead atoms. The van der Waals surface area contributed by atoms with E-state index in [1.54, 1.807) is 0 Å². The Labute approximate surface area is 453 Å². The van der Waals surface area contributed by atoms with Gasteiger partial charge in [-0.1, -0.05) is 150 Å². The molecule has 0 N–H and O–H groups in total. The Bertz CT molecular complexity index is 2610. The van der Waals surface area contributed by atoms with Crippen LogP contribution in [0.3, 0.4) is 0 Å². The minimum absolute atomic E-state index is 0.691. The van der Waals surface area contributed by atoms with Crippen molar-refractivity contribution < 1.29 is 110 Å². The zero-order chi connectivity index (χ0) is 61.5. The van der Waals surface area contributed by atoms with Gasteiger partial charge in [0.2, 0.25) is 0 Å². The van der Waals surface area contributed by atoms with E-state index in [4.69, 9.17) is 0 Å². The van der Waals surface area contributed by atoms with Crippen LogP contribution in [0.1, 0.15) is 127 Å². The Morgan fingerprint density at radius 3 is 0.829 bits per heavy atom. The first-order valence-electron chi connectivity index (χ1n) is 25.0. The number of pyridine rings is 1. The predicted molar refractivity (Wildman–Crippen MR) is 258 cm³/mol. The van der Waals surface area contributed by atoms with Gasteiger partial charge in [-0.2, -0.15) is 132 Å². The molecule has 0 saturated heterocycles. The number of halogens is 24. The molecule has 0 aliphatic carbocycles. The van der Waals surface area contributed by atoms with Crippen molar-refractivity contribution >= 4 is 28.0 Å². The number of alkyl halides is 24. The molecule has 0 unspecified atom stereocenters. The third-order valence-electron chi connectivity index (χ3n) is 13.5. The molecule has 6 aromatic rings. The second-order valence-electron chi connectivity index (χ2n) is 19.5. The lowest BCUT2D eigenvalue weighted by molar-refractivity contribution is -0.695. The van der Waals surface area contributed by atoms with Crippen molar-refractivity contribution in [3.8, 4) is 0 Å². The van der Waals surface area contributed by atoms with Crippen LogP contribution in [0.2, 0.25) is 0 Å². The van der Waals surface area contributed by atoms with E-state index in [9.17, 15) is 105 Å². The van der Waals surface area contributed by atoms with Crippen LogP contribution in [0.15, 0.2) is 128 Å². The number of hydrogen-bond acceptors (Lipinski definition) is 0. The van der Waals surface area contributed by atoms with E-state index in [0.717, 1.165) is 6.54 Å². The maximum Gasteiger partial charge on any atom is 0.416 e. The standard InChI is InChI=1S/C32H12BF24.C24H36N/c34-25(35,36)13-1-14(26(37,38)39)6-21(5-13)33(22-7-15(27(40,41)42)2-16(8-22)28(43,44)45,23-9-17(29(46,47)48)3-18(10-23)30(49,50)51)24-11-19(31(52,53)54)4-20(12-24)32(55,56)57;1-2-3-4-5-6-7-8-9-10-14-19-24-20-15-16-21-25(24)22-23-17-12-11-13-18-23/h1-12H;11-13,15-18,20-21H,2-10,14,19,22H2,1H3/q-1;+1. The molecule has 26 heteroatoms. The van der Waals surface area contributed by atoms with Crippen LogP contribution in [0.25, 0.3) is 0 Å². The molecule has 1 aromatic heterocycles. The van der Waals surface area contributed by atoms with Gasteiger partial charge in [-0.15, -0.1) is 0 Å². The third kappa shape index (κ3) is 17.6. The zero-order valence-electron chi connectivity index (χ0n) is 42.7. The van der Waals surface area contributed by atoms with Crippen molar-refractivity contribution in [2.45, 2.75) is 134 Å². The molecule has 0 spiro atoms. The Hall–Kier alpha value is -6.37. The highest BCUT2D eigenvalue weighted by Gasteiger charge is 2.47. The second-order valence-corrected chi connectivity index (χ2v) is 19.5. The molecule has 0 fully saturated rings. The Morgan fingerprint density at radius 2 is 0.561 bits per heavy atom. The van der Waals surface area contributed by atoms with Crippen molar-refractivity contribution in [3.05, 3.63) is 183 Å². The minimum Gasteiger partial charge on any atom is -0.198 e. The molecule has 6 rings (SSSR count). The number of unbranched alkanes of at least 4 members (excludes halogenated alkanes) is 9. The van der Waals surface area contributed by atoms with Gasteiger partial charge in [0.15, 0.2) is 18.4 Å². The van der Waals surface area contributed by atoms with E-state index >= 15 is 0 Å². The van der Waals surface area contributed by atoms with Gasteiger partial charge in [0, 0.05) is 24.1 Å². The summed E-state index contributed by atoms with van der Waals surface area (Å²) in [6.07, 6.45) is -37.4. The summed E-state index contributed by atoms with van der Waals surface area (Å²) in [5.41, 5.74) is -27.4. The monoisotopic (exact) mass is 1200 g/mol. The maximum absolute atomic E-state index is 14.2. The summed E-state index contributed by atoms with van der Waals surface area (Å²) in [5.74, 6) is 0. The maximum atomic E-state index is 14.2. The molecule has 0 amide bonds. The molecule has 0 radical (unpaired) electrons. The quantitative estimate of drug-likeness (QED) is 0.0371. The highest BCUT2D eigenvalue weighted by Crippen LogP contribution is 2.41. The lowest BCUT2D eigenvalue weighted by Crippen LogP contribution is -2.75. The smallest absolute Gasteiger partial charge is 0.198 e. The van der Waals surface area contributed by atoms with Crippen molar-refractivity contribution in [3.63, 3.8) is 0 Å². The number of hydrogen-bond donors (Lipinski definition) is 0. The fourth-order valence-corrected chi connectivity index (χ4v) is 9.54. The molecule has 1 nitrogen and oxygen atoms in total. The number of nitrogens with zero attached hydrogens (tertiary/aromatic N) is 1. The lowest BCUT2D eigenvalue weighted by Gasteiger charge is -2.46. The average molecular weight is 1200 g/mol. The number of aromatic nitrogens is 1. The molecule has 82 heavy (non-hydrogen) atoms. The molecular formula is C56H48BF24N. The van der Waals surface area contributed by atoms with E-state index in [1.807, 2.05) is 0 Å². The second kappa shape index (κ2) is 25.6. The number of benzene rings is 5. The molecule has 448 valence electrons. The number of rotatable bonds is 17. The van der Waals surface area contributed by atoms with Gasteiger partial charge in [0.1, 0.15) is 6.15 Å². The number of aryl methyl sites for hydroxylation is 1. The van der Waals surface area contributed by atoms with Crippen LogP contribution in [0, 0.1) is 0 Å². The lowest BCUT2D eigenvalue weighted by atomic mass is 9.12. The summed E-state index contributed by atoms with van der Waals surface area (Å²) in [7, 11) is 0. The highest BCUT2D eigenvalue weighted by molar-refractivity contribution is 7.20. The normalized spacial score (nSPS) is 13.3. The summed E-state index contributed by atoms with van der Waals surface area (Å²) in [5, 5.41) is 0. The summed E-state index contributed by atoms with van der Waals surface area (Å²) >= 11 is 0. The van der Waals surface area contributed by atoms with Crippen LogP contribution >= 0.6 is 0 Å². The molecule has 0 aliphatic rings. The van der Waals surface area contributed by atoms with Gasteiger partial charge >= 0.3 is 49.4 Å². The molecule has 0 atom stereocenters. The Morgan fingerprint density at radius 1 is 0.305 bits per heavy atom. The van der Waals surface area contributed by atoms with Crippen molar-refractivity contribution in [2.24, 2.45) is 0 Å². The summed E-state index contributed by atoms with van der Waals surface area (Å²) in [4.78, 5) is 0. The molecule has 0 aliphatic heterocycles. The molecule has 0 saturated carbocycles. The van der Waals surface area contributed by atoms with Gasteiger partial charge < -0.3 is 0 Å². The van der Waals surface area contributed by atoms with E-state index in [0.29, 0.717) is 0 Å². The van der Waals surface area contributed by atoms with Crippen LogP contribution in [-0.4, -0.2) is 6.15 Å². The summed E-state index contributed by atoms with van der Waals surface area (Å²) in [6.45, 7) is 3.27. The Balaban J connectivity index is 0.000000409. The summed E-state index contributed by atoms with van der Waals surface area (Å²) in [6, 6.07) is 8.56. The topological polar surface area (TPSA) is 3.88 Å². The summed E-state index contributed by atoms with van der Waals surface area (Å²) < 4.78 is 343. The van der Waals surface area contributed by atoms with Crippen LogP contribution < -0.4 is 26.4 Å². The fraction of sp³-hybridized carbons (Fsp3) is 0.375. The highest BCUT2D eigenvalue weighted by atomic mass is 19.4. The molecule has 1 heterocycles.